The minimum atomic E-state index is -0.930. The Labute approximate surface area is 120 Å². The van der Waals surface area contributed by atoms with Crippen LogP contribution in [0.25, 0.3) is 0 Å². The highest BCUT2D eigenvalue weighted by atomic mass is 32.1. The summed E-state index contributed by atoms with van der Waals surface area (Å²) in [4.78, 5) is 27.3. The van der Waals surface area contributed by atoms with Crippen LogP contribution in [0.4, 0.5) is 5.69 Å². The molecule has 0 fully saturated rings. The molecule has 0 unspecified atom stereocenters. The summed E-state index contributed by atoms with van der Waals surface area (Å²) in [5, 5.41) is 13.3. The lowest BCUT2D eigenvalue weighted by Gasteiger charge is -2.05. The van der Waals surface area contributed by atoms with Crippen molar-refractivity contribution in [2.75, 3.05) is 5.32 Å². The summed E-state index contributed by atoms with van der Waals surface area (Å²) >= 11 is 1.40. The number of thiophene rings is 1. The van der Waals surface area contributed by atoms with Gasteiger partial charge in [0.2, 0.25) is 0 Å². The number of nitrogens with one attached hydrogen (secondary N) is 1. The van der Waals surface area contributed by atoms with E-state index in [-0.39, 0.29) is 12.3 Å². The Morgan fingerprint density at radius 1 is 1.35 bits per heavy atom. The molecule has 0 atom stereocenters. The Hall–Kier alpha value is -2.21. The molecule has 20 heavy (non-hydrogen) atoms. The van der Waals surface area contributed by atoms with Gasteiger partial charge in [0.1, 0.15) is 0 Å². The van der Waals surface area contributed by atoms with Crippen molar-refractivity contribution in [1.29, 1.82) is 0 Å². The predicted molar refractivity (Wildman–Crippen MR) is 77.2 cm³/mol. The Morgan fingerprint density at radius 3 is 2.75 bits per heavy atom. The third-order valence-corrected chi connectivity index (χ3v) is 3.70. The molecule has 2 aromatic rings. The summed E-state index contributed by atoms with van der Waals surface area (Å²) in [6.45, 7) is 2.00. The summed E-state index contributed by atoms with van der Waals surface area (Å²) in [6, 6.07) is 5.19. The van der Waals surface area contributed by atoms with Crippen LogP contribution in [-0.4, -0.2) is 22.0 Å². The number of aromatic nitrogens is 1. The molecule has 2 aromatic heterocycles. The molecule has 0 aliphatic rings. The van der Waals surface area contributed by atoms with Crippen molar-refractivity contribution in [3.05, 3.63) is 45.9 Å². The van der Waals surface area contributed by atoms with E-state index in [0.717, 1.165) is 12.0 Å². The number of carboxylic acid groups (broad SMARTS) is 1. The zero-order valence-corrected chi connectivity index (χ0v) is 11.7. The van der Waals surface area contributed by atoms with Gasteiger partial charge in [-0.2, -0.15) is 0 Å². The van der Waals surface area contributed by atoms with Gasteiger partial charge in [-0.1, -0.05) is 6.92 Å². The SMILES string of the molecule is CCc1ccsc1C(=O)Nc1ccc(CC(=O)O)nc1. The van der Waals surface area contributed by atoms with Gasteiger partial charge in [-0.25, -0.2) is 0 Å². The predicted octanol–water partition coefficient (Wildman–Crippen LogP) is 2.58. The van der Waals surface area contributed by atoms with E-state index >= 15 is 0 Å². The van der Waals surface area contributed by atoms with Gasteiger partial charge in [0.15, 0.2) is 0 Å². The highest BCUT2D eigenvalue weighted by molar-refractivity contribution is 7.12. The number of rotatable bonds is 5. The lowest BCUT2D eigenvalue weighted by molar-refractivity contribution is -0.136. The van der Waals surface area contributed by atoms with E-state index in [1.165, 1.54) is 17.5 Å². The zero-order valence-electron chi connectivity index (χ0n) is 10.9. The topological polar surface area (TPSA) is 79.3 Å². The molecule has 0 aromatic carbocycles. The zero-order chi connectivity index (χ0) is 14.5. The number of hydrogen-bond donors (Lipinski definition) is 2. The molecule has 0 aliphatic carbocycles. The van der Waals surface area contributed by atoms with Crippen LogP contribution in [0.3, 0.4) is 0 Å². The lowest BCUT2D eigenvalue weighted by atomic mass is 10.2. The van der Waals surface area contributed by atoms with E-state index in [1.54, 1.807) is 12.1 Å². The number of aryl methyl sites for hydroxylation is 1. The van der Waals surface area contributed by atoms with Gasteiger partial charge in [0.05, 0.1) is 28.9 Å². The number of carboxylic acids is 1. The molecule has 5 nitrogen and oxygen atoms in total. The Kier molecular flexibility index (Phi) is 4.47. The Bertz CT molecular complexity index is 620. The van der Waals surface area contributed by atoms with Crippen molar-refractivity contribution in [2.45, 2.75) is 19.8 Å². The molecule has 2 rings (SSSR count). The highest BCUT2D eigenvalue weighted by Gasteiger charge is 2.12. The fourth-order valence-corrected chi connectivity index (χ4v) is 2.65. The number of pyridine rings is 1. The molecule has 0 bridgehead atoms. The average molecular weight is 290 g/mol. The van der Waals surface area contributed by atoms with Gasteiger partial charge in [0, 0.05) is 0 Å². The van der Waals surface area contributed by atoms with Gasteiger partial charge in [0.25, 0.3) is 5.91 Å². The second kappa shape index (κ2) is 6.29. The largest absolute Gasteiger partial charge is 0.481 e. The second-order valence-corrected chi connectivity index (χ2v) is 5.11. The monoisotopic (exact) mass is 290 g/mol. The van der Waals surface area contributed by atoms with E-state index in [2.05, 4.69) is 10.3 Å². The number of amides is 1. The van der Waals surface area contributed by atoms with Crippen LogP contribution in [0.1, 0.15) is 27.9 Å². The van der Waals surface area contributed by atoms with Gasteiger partial charge < -0.3 is 10.4 Å². The number of carbonyl (C=O) groups is 2. The Balaban J connectivity index is 2.06. The van der Waals surface area contributed by atoms with Crippen molar-refractivity contribution in [1.82, 2.24) is 4.98 Å². The summed E-state index contributed by atoms with van der Waals surface area (Å²) in [7, 11) is 0. The fourth-order valence-electron chi connectivity index (χ4n) is 1.76. The van der Waals surface area contributed by atoms with Crippen LogP contribution in [0.15, 0.2) is 29.8 Å². The first kappa shape index (κ1) is 14.2. The molecule has 2 N–H and O–H groups in total. The molecular weight excluding hydrogens is 276 g/mol. The molecule has 0 saturated carbocycles. The first-order valence-electron chi connectivity index (χ1n) is 6.14. The van der Waals surface area contributed by atoms with Crippen molar-refractivity contribution < 1.29 is 14.7 Å². The smallest absolute Gasteiger partial charge is 0.309 e. The maximum Gasteiger partial charge on any atom is 0.309 e. The minimum Gasteiger partial charge on any atom is -0.481 e. The van der Waals surface area contributed by atoms with E-state index < -0.39 is 5.97 Å². The van der Waals surface area contributed by atoms with Crippen LogP contribution in [0.5, 0.6) is 0 Å². The van der Waals surface area contributed by atoms with Crippen molar-refractivity contribution >= 4 is 28.9 Å². The minimum absolute atomic E-state index is 0.126. The van der Waals surface area contributed by atoms with Crippen LogP contribution >= 0.6 is 11.3 Å². The lowest BCUT2D eigenvalue weighted by Crippen LogP contribution is -2.12. The maximum absolute atomic E-state index is 12.1. The van der Waals surface area contributed by atoms with Gasteiger partial charge in [-0.3, -0.25) is 14.6 Å². The molecule has 6 heteroatoms. The summed E-state index contributed by atoms with van der Waals surface area (Å²) < 4.78 is 0. The van der Waals surface area contributed by atoms with Crippen molar-refractivity contribution in [3.8, 4) is 0 Å². The maximum atomic E-state index is 12.1. The average Bonchev–Trinajstić information content (AvgIpc) is 2.89. The van der Waals surface area contributed by atoms with Gasteiger partial charge >= 0.3 is 5.97 Å². The Morgan fingerprint density at radius 2 is 2.15 bits per heavy atom. The number of anilines is 1. The van der Waals surface area contributed by atoms with E-state index in [1.807, 2.05) is 18.4 Å². The quantitative estimate of drug-likeness (QED) is 0.887. The number of hydrogen-bond acceptors (Lipinski definition) is 4. The fraction of sp³-hybridized carbons (Fsp3) is 0.214. The number of aliphatic carboxylic acids is 1. The first-order chi connectivity index (χ1) is 9.60. The molecule has 0 spiro atoms. The van der Waals surface area contributed by atoms with Crippen LogP contribution in [0, 0.1) is 0 Å². The van der Waals surface area contributed by atoms with Gasteiger partial charge in [-0.05, 0) is 35.6 Å². The van der Waals surface area contributed by atoms with E-state index in [0.29, 0.717) is 16.3 Å². The number of nitrogens with zero attached hydrogens (tertiary/aromatic N) is 1. The highest BCUT2D eigenvalue weighted by Crippen LogP contribution is 2.19. The van der Waals surface area contributed by atoms with E-state index in [4.69, 9.17) is 5.11 Å². The molecule has 104 valence electrons. The normalized spacial score (nSPS) is 10.2. The molecule has 2 heterocycles. The third kappa shape index (κ3) is 3.42. The van der Waals surface area contributed by atoms with E-state index in [9.17, 15) is 9.59 Å². The van der Waals surface area contributed by atoms with Gasteiger partial charge in [-0.15, -0.1) is 11.3 Å². The molecular formula is C14H14N2O3S. The molecule has 0 saturated heterocycles. The first-order valence-corrected chi connectivity index (χ1v) is 7.02. The standard InChI is InChI=1S/C14H14N2O3S/c1-2-9-5-6-20-13(9)14(19)16-11-4-3-10(15-8-11)7-12(17)18/h3-6,8H,2,7H2,1H3,(H,16,19)(H,17,18). The summed E-state index contributed by atoms with van der Waals surface area (Å²) in [6.07, 6.45) is 2.15. The second-order valence-electron chi connectivity index (χ2n) is 4.19. The van der Waals surface area contributed by atoms with Crippen LogP contribution in [0.2, 0.25) is 0 Å². The van der Waals surface area contributed by atoms with Crippen molar-refractivity contribution in [3.63, 3.8) is 0 Å². The molecule has 1 amide bonds. The molecule has 0 radical (unpaired) electrons. The third-order valence-electron chi connectivity index (χ3n) is 2.75. The summed E-state index contributed by atoms with van der Waals surface area (Å²) in [5.41, 5.74) is 2.03. The number of carbonyl (C=O) groups excluding carboxylic acids is 1. The van der Waals surface area contributed by atoms with Crippen LogP contribution < -0.4 is 5.32 Å². The summed E-state index contributed by atoms with van der Waals surface area (Å²) in [5.74, 6) is -1.09. The van der Waals surface area contributed by atoms with Crippen LogP contribution in [-0.2, 0) is 17.6 Å². The van der Waals surface area contributed by atoms with Crippen molar-refractivity contribution in [2.24, 2.45) is 0 Å². The molecule has 0 aliphatic heterocycles.